The summed E-state index contributed by atoms with van der Waals surface area (Å²) in [6, 6.07) is 14.7. The number of anilines is 1. The van der Waals surface area contributed by atoms with Crippen LogP contribution in [-0.4, -0.2) is 15.3 Å². The molecule has 2 aromatic carbocycles. The summed E-state index contributed by atoms with van der Waals surface area (Å²) in [6.45, 7) is 0. The number of benzene rings is 2. The van der Waals surface area contributed by atoms with Crippen molar-refractivity contribution in [2.75, 3.05) is 4.72 Å². The number of hydrogen-bond acceptors (Lipinski definition) is 4. The average Bonchev–Trinajstić information content (AvgIpc) is 2.72. The Morgan fingerprint density at radius 1 is 1.17 bits per heavy atom. The van der Waals surface area contributed by atoms with E-state index in [-0.39, 0.29) is 10.7 Å². The molecule has 0 aliphatic carbocycles. The van der Waals surface area contributed by atoms with Crippen LogP contribution in [0.5, 0.6) is 0 Å². The van der Waals surface area contributed by atoms with Crippen molar-refractivity contribution in [3.05, 3.63) is 100.0 Å². The van der Waals surface area contributed by atoms with Gasteiger partial charge in [0.05, 0.1) is 11.3 Å². The summed E-state index contributed by atoms with van der Waals surface area (Å²) in [4.78, 5) is 17.0. The molecule has 0 fully saturated rings. The van der Waals surface area contributed by atoms with E-state index < -0.39 is 17.2 Å². The highest BCUT2D eigenvalue weighted by molar-refractivity contribution is 7.97. The van der Waals surface area contributed by atoms with Crippen LogP contribution in [0.4, 0.5) is 10.1 Å². The van der Waals surface area contributed by atoms with Crippen molar-refractivity contribution in [2.24, 2.45) is 0 Å². The molecule has 6 heteroatoms. The number of fused-ring (bicyclic) bond motifs is 1. The fourth-order valence-electron chi connectivity index (χ4n) is 2.89. The molecule has 0 saturated heterocycles. The van der Waals surface area contributed by atoms with Crippen molar-refractivity contribution in [3.8, 4) is 11.8 Å². The Bertz CT molecular complexity index is 1170. The molecule has 0 amide bonds. The van der Waals surface area contributed by atoms with Gasteiger partial charge in [-0.1, -0.05) is 30.0 Å². The standard InChI is InChI=1S/C23H15FN2O2S/c24-19-8-2-6-18(12-19)14-22-23(27)20-13-16(9-10-21(20)26-29(22)28)4-1-5-17-7-3-11-25-15-17/h2-3,6-15,26H,5H2/b22-14-. The van der Waals surface area contributed by atoms with Crippen LogP contribution in [0.3, 0.4) is 0 Å². The number of aromatic nitrogens is 1. The van der Waals surface area contributed by atoms with Crippen LogP contribution < -0.4 is 4.72 Å². The SMILES string of the molecule is O=C1/C(=C/c2cccc(F)c2)[S+]([O-])Nc2ccc(C#CCc3cccnc3)cc21. The molecule has 1 aliphatic heterocycles. The predicted octanol–water partition coefficient (Wildman–Crippen LogP) is 4.13. The lowest BCUT2D eigenvalue weighted by Crippen LogP contribution is -2.27. The van der Waals surface area contributed by atoms with Gasteiger partial charge in [-0.3, -0.25) is 9.78 Å². The molecule has 2 heterocycles. The molecule has 3 aromatic rings. The quantitative estimate of drug-likeness (QED) is 0.398. The molecule has 1 N–H and O–H groups in total. The number of pyridine rings is 1. The topological polar surface area (TPSA) is 65.0 Å². The molecule has 0 bridgehead atoms. The average molecular weight is 402 g/mol. The van der Waals surface area contributed by atoms with E-state index in [0.29, 0.717) is 28.8 Å². The Labute approximate surface area is 170 Å². The second-order valence-electron chi connectivity index (χ2n) is 6.36. The third kappa shape index (κ3) is 4.37. The van der Waals surface area contributed by atoms with Crippen molar-refractivity contribution in [1.82, 2.24) is 4.98 Å². The number of ketones is 1. The van der Waals surface area contributed by atoms with Gasteiger partial charge < -0.3 is 4.55 Å². The number of nitrogens with zero attached hydrogens (tertiary/aromatic N) is 1. The number of carbonyl (C=O) groups is 1. The molecule has 4 nitrogen and oxygen atoms in total. The van der Waals surface area contributed by atoms with E-state index in [1.165, 1.54) is 24.3 Å². The maximum atomic E-state index is 13.4. The van der Waals surface area contributed by atoms with E-state index in [1.54, 1.807) is 36.7 Å². The number of allylic oxidation sites excluding steroid dienone is 1. The molecule has 0 spiro atoms. The second-order valence-corrected chi connectivity index (χ2v) is 7.55. The summed E-state index contributed by atoms with van der Waals surface area (Å²) in [7, 11) is 0. The summed E-state index contributed by atoms with van der Waals surface area (Å²) < 4.78 is 28.7. The minimum Gasteiger partial charge on any atom is -0.588 e. The normalized spacial score (nSPS) is 16.6. The number of carbonyl (C=O) groups excluding carboxylic acids is 1. The molecule has 0 saturated carbocycles. The first-order chi connectivity index (χ1) is 14.1. The summed E-state index contributed by atoms with van der Waals surface area (Å²) in [5.41, 5.74) is 3.04. The van der Waals surface area contributed by atoms with Gasteiger partial charge in [-0.15, -0.1) is 0 Å². The Morgan fingerprint density at radius 2 is 2.07 bits per heavy atom. The molecular formula is C23H15FN2O2S. The lowest BCUT2D eigenvalue weighted by atomic mass is 10.0. The highest BCUT2D eigenvalue weighted by Crippen LogP contribution is 2.31. The summed E-state index contributed by atoms with van der Waals surface area (Å²) >= 11 is -1.72. The van der Waals surface area contributed by atoms with Gasteiger partial charge in [0.25, 0.3) is 0 Å². The fourth-order valence-corrected chi connectivity index (χ4v) is 3.90. The minimum atomic E-state index is -1.72. The predicted molar refractivity (Wildman–Crippen MR) is 112 cm³/mol. The zero-order valence-electron chi connectivity index (χ0n) is 15.2. The van der Waals surface area contributed by atoms with Crippen molar-refractivity contribution in [1.29, 1.82) is 0 Å². The van der Waals surface area contributed by atoms with Crippen LogP contribution in [-0.2, 0) is 17.8 Å². The van der Waals surface area contributed by atoms with Gasteiger partial charge in [0.2, 0.25) is 10.7 Å². The highest BCUT2D eigenvalue weighted by atomic mass is 32.2. The zero-order chi connectivity index (χ0) is 20.2. The number of halogens is 1. The number of rotatable bonds is 2. The molecule has 1 aliphatic rings. The van der Waals surface area contributed by atoms with Gasteiger partial charge in [-0.05, 0) is 47.5 Å². The van der Waals surface area contributed by atoms with Crippen molar-refractivity contribution >= 4 is 28.9 Å². The molecule has 1 aromatic heterocycles. The molecular weight excluding hydrogens is 387 g/mol. The Hall–Kier alpha value is -3.40. The lowest BCUT2D eigenvalue weighted by molar-refractivity contribution is 0.104. The number of nitrogens with one attached hydrogen (secondary N) is 1. The van der Waals surface area contributed by atoms with Gasteiger partial charge in [0, 0.05) is 30.5 Å². The Balaban J connectivity index is 1.61. The van der Waals surface area contributed by atoms with Crippen LogP contribution >= 0.6 is 0 Å². The van der Waals surface area contributed by atoms with E-state index in [4.69, 9.17) is 0 Å². The molecule has 1 unspecified atom stereocenters. The molecule has 0 radical (unpaired) electrons. The summed E-state index contributed by atoms with van der Waals surface area (Å²) in [5.74, 6) is 5.33. The third-order valence-electron chi connectivity index (χ3n) is 4.28. The summed E-state index contributed by atoms with van der Waals surface area (Å²) in [5, 5.41) is 0. The first-order valence-corrected chi connectivity index (χ1v) is 9.97. The molecule has 4 rings (SSSR count). The minimum absolute atomic E-state index is 0.0727. The summed E-state index contributed by atoms with van der Waals surface area (Å²) in [6.07, 6.45) is 5.45. The zero-order valence-corrected chi connectivity index (χ0v) is 16.0. The lowest BCUT2D eigenvalue weighted by Gasteiger charge is -2.21. The van der Waals surface area contributed by atoms with Gasteiger partial charge in [0.15, 0.2) is 0 Å². The van der Waals surface area contributed by atoms with Gasteiger partial charge in [-0.2, -0.15) is 0 Å². The first kappa shape index (κ1) is 18.9. The first-order valence-electron chi connectivity index (χ1n) is 8.82. The van der Waals surface area contributed by atoms with E-state index in [1.807, 2.05) is 12.1 Å². The maximum absolute atomic E-state index is 13.4. The smallest absolute Gasteiger partial charge is 0.245 e. The molecule has 1 atom stereocenters. The fraction of sp³-hybridized carbons (Fsp3) is 0.0435. The highest BCUT2D eigenvalue weighted by Gasteiger charge is 2.33. The monoisotopic (exact) mass is 402 g/mol. The van der Waals surface area contributed by atoms with Crippen molar-refractivity contribution in [2.45, 2.75) is 6.42 Å². The number of hydrogen-bond donors (Lipinski definition) is 1. The van der Waals surface area contributed by atoms with Crippen LogP contribution in [0, 0.1) is 17.7 Å². The van der Waals surface area contributed by atoms with Crippen LogP contribution in [0.2, 0.25) is 0 Å². The van der Waals surface area contributed by atoms with E-state index in [2.05, 4.69) is 21.5 Å². The van der Waals surface area contributed by atoms with Gasteiger partial charge in [-0.25, -0.2) is 9.11 Å². The molecule has 29 heavy (non-hydrogen) atoms. The van der Waals surface area contributed by atoms with Crippen molar-refractivity contribution < 1.29 is 13.7 Å². The largest absolute Gasteiger partial charge is 0.588 e. The Kier molecular flexibility index (Phi) is 5.43. The maximum Gasteiger partial charge on any atom is 0.245 e. The van der Waals surface area contributed by atoms with Gasteiger partial charge in [0.1, 0.15) is 17.2 Å². The van der Waals surface area contributed by atoms with E-state index >= 15 is 0 Å². The Morgan fingerprint density at radius 3 is 2.86 bits per heavy atom. The van der Waals surface area contributed by atoms with E-state index in [9.17, 15) is 13.7 Å². The molecule has 142 valence electrons. The third-order valence-corrected chi connectivity index (χ3v) is 5.39. The van der Waals surface area contributed by atoms with Crippen LogP contribution in [0.1, 0.15) is 27.0 Å². The van der Waals surface area contributed by atoms with Gasteiger partial charge >= 0.3 is 0 Å². The van der Waals surface area contributed by atoms with Crippen LogP contribution in [0.25, 0.3) is 6.08 Å². The van der Waals surface area contributed by atoms with Crippen molar-refractivity contribution in [3.63, 3.8) is 0 Å². The second kappa shape index (κ2) is 8.31. The van der Waals surface area contributed by atoms with E-state index in [0.717, 1.165) is 5.56 Å². The number of Topliss-reactive ketones (excluding diaryl/α,β-unsaturated/α-hetero) is 1. The van der Waals surface area contributed by atoms with Crippen LogP contribution in [0.15, 0.2) is 71.9 Å².